The summed E-state index contributed by atoms with van der Waals surface area (Å²) in [6, 6.07) is 12.8. The minimum atomic E-state index is 0. The predicted octanol–water partition coefficient (Wildman–Crippen LogP) is -0.284. The van der Waals surface area contributed by atoms with Crippen LogP contribution in [0.15, 0.2) is 36.4 Å². The molecule has 1 aliphatic heterocycles. The Kier molecular flexibility index (Phi) is 6.39. The first-order valence-electron chi connectivity index (χ1n) is 7.94. The topological polar surface area (TPSA) is 22.9 Å². The molecule has 0 bridgehead atoms. The maximum absolute atomic E-state index is 6.52. The largest absolute Gasteiger partial charge is 1.00 e. The van der Waals surface area contributed by atoms with E-state index in [-0.39, 0.29) is 12.4 Å². The molecule has 2 atom stereocenters. The van der Waals surface area contributed by atoms with Crippen LogP contribution < -0.4 is 26.8 Å². The third kappa shape index (κ3) is 3.64. The monoisotopic (exact) mass is 367 g/mol. The average molecular weight is 368 g/mol. The molecule has 2 aromatic carbocycles. The van der Waals surface area contributed by atoms with E-state index in [0.717, 1.165) is 35.9 Å². The van der Waals surface area contributed by atoms with E-state index in [1.54, 1.807) is 14.2 Å². The summed E-state index contributed by atoms with van der Waals surface area (Å²) >= 11 is 6.52. The second kappa shape index (κ2) is 8.11. The molecule has 1 N–H and O–H groups in total. The van der Waals surface area contributed by atoms with Gasteiger partial charge in [-0.3, -0.25) is 0 Å². The number of nitrogens with one attached hydrogen (secondary N) is 1. The highest BCUT2D eigenvalue weighted by atomic mass is 35.5. The van der Waals surface area contributed by atoms with E-state index >= 15 is 0 Å². The molecular weight excluding hydrogens is 345 g/mol. The highest BCUT2D eigenvalue weighted by Crippen LogP contribution is 2.32. The van der Waals surface area contributed by atoms with Gasteiger partial charge in [0, 0.05) is 23.4 Å². The van der Waals surface area contributed by atoms with Gasteiger partial charge in [-0.1, -0.05) is 29.8 Å². The van der Waals surface area contributed by atoms with Crippen LogP contribution in [0.5, 0.6) is 11.5 Å². The smallest absolute Gasteiger partial charge is 0.160 e. The van der Waals surface area contributed by atoms with Crippen molar-refractivity contribution in [1.29, 1.82) is 0 Å². The number of hydrogen-bond acceptors (Lipinski definition) is 2. The third-order valence-electron chi connectivity index (χ3n) is 4.76. The summed E-state index contributed by atoms with van der Waals surface area (Å²) < 4.78 is 10.8. The van der Waals surface area contributed by atoms with E-state index in [0.29, 0.717) is 6.04 Å². The van der Waals surface area contributed by atoms with Gasteiger partial charge in [0.25, 0.3) is 0 Å². The SMILES string of the molecule is COc1ccc(CC2c3c(Cl)cccc3CC[NH+]2C)cc1OC.[Cl-]. The van der Waals surface area contributed by atoms with Gasteiger partial charge in [0.2, 0.25) is 0 Å². The molecule has 0 aromatic heterocycles. The first-order valence-corrected chi connectivity index (χ1v) is 8.32. The maximum atomic E-state index is 6.52. The summed E-state index contributed by atoms with van der Waals surface area (Å²) in [6.45, 7) is 1.13. The molecule has 5 heteroatoms. The number of likely N-dealkylation sites (N-methyl/N-ethyl adjacent to an activating group) is 1. The van der Waals surface area contributed by atoms with Crippen LogP contribution in [0.4, 0.5) is 0 Å². The molecule has 0 aliphatic carbocycles. The molecule has 130 valence electrons. The van der Waals surface area contributed by atoms with Crippen LogP contribution >= 0.6 is 11.6 Å². The molecule has 24 heavy (non-hydrogen) atoms. The van der Waals surface area contributed by atoms with E-state index in [4.69, 9.17) is 21.1 Å². The van der Waals surface area contributed by atoms with Crippen LogP contribution in [0.25, 0.3) is 0 Å². The second-order valence-corrected chi connectivity index (χ2v) is 6.51. The molecule has 0 saturated carbocycles. The van der Waals surface area contributed by atoms with Gasteiger partial charge in [-0.15, -0.1) is 0 Å². The third-order valence-corrected chi connectivity index (χ3v) is 5.09. The van der Waals surface area contributed by atoms with Gasteiger partial charge in [0.15, 0.2) is 11.5 Å². The van der Waals surface area contributed by atoms with Crippen molar-refractivity contribution < 1.29 is 26.8 Å². The fraction of sp³-hybridized carbons (Fsp3) is 0.368. The lowest BCUT2D eigenvalue weighted by Crippen LogP contribution is -3.10. The summed E-state index contributed by atoms with van der Waals surface area (Å²) in [5.41, 5.74) is 3.92. The van der Waals surface area contributed by atoms with Gasteiger partial charge in [0.1, 0.15) is 6.04 Å². The van der Waals surface area contributed by atoms with Gasteiger partial charge in [-0.2, -0.15) is 0 Å². The molecule has 1 aliphatic rings. The molecule has 1 heterocycles. The minimum Gasteiger partial charge on any atom is -1.00 e. The van der Waals surface area contributed by atoms with Crippen molar-refractivity contribution in [2.75, 3.05) is 27.8 Å². The van der Waals surface area contributed by atoms with Gasteiger partial charge < -0.3 is 26.8 Å². The summed E-state index contributed by atoms with van der Waals surface area (Å²) in [5.74, 6) is 1.54. The Hall–Kier alpha value is -1.42. The summed E-state index contributed by atoms with van der Waals surface area (Å²) in [6.07, 6.45) is 2.02. The molecule has 2 unspecified atom stereocenters. The summed E-state index contributed by atoms with van der Waals surface area (Å²) in [4.78, 5) is 1.50. The van der Waals surface area contributed by atoms with Crippen molar-refractivity contribution >= 4 is 11.6 Å². The minimum absolute atomic E-state index is 0. The molecule has 0 saturated heterocycles. The van der Waals surface area contributed by atoms with Crippen molar-refractivity contribution in [3.63, 3.8) is 0 Å². The highest BCUT2D eigenvalue weighted by Gasteiger charge is 2.30. The second-order valence-electron chi connectivity index (χ2n) is 6.11. The van der Waals surface area contributed by atoms with Crippen molar-refractivity contribution in [3.8, 4) is 11.5 Å². The molecule has 0 spiro atoms. The van der Waals surface area contributed by atoms with Crippen molar-refractivity contribution in [2.45, 2.75) is 18.9 Å². The van der Waals surface area contributed by atoms with Gasteiger partial charge in [0.05, 0.1) is 27.8 Å². The normalized spacial score (nSPS) is 19.2. The van der Waals surface area contributed by atoms with Crippen molar-refractivity contribution in [2.24, 2.45) is 0 Å². The number of halogens is 2. The Balaban J connectivity index is 0.00000208. The summed E-state index contributed by atoms with van der Waals surface area (Å²) in [5, 5.41) is 0.882. The van der Waals surface area contributed by atoms with Gasteiger partial charge in [-0.05, 0) is 29.3 Å². The number of benzene rings is 2. The standard InChI is InChI=1S/C19H22ClNO2.ClH/c1-21-10-9-14-5-4-6-15(20)19(14)16(21)11-13-7-8-17(22-2)18(12-13)23-3;/h4-8,12,16H,9-11H2,1-3H3;1H. The predicted molar refractivity (Wildman–Crippen MR) is 92.9 cm³/mol. The number of rotatable bonds is 4. The van der Waals surface area contributed by atoms with Crippen LogP contribution in [0.1, 0.15) is 22.7 Å². The van der Waals surface area contributed by atoms with Gasteiger partial charge >= 0.3 is 0 Å². The zero-order chi connectivity index (χ0) is 16.4. The first-order chi connectivity index (χ1) is 11.1. The lowest BCUT2D eigenvalue weighted by molar-refractivity contribution is -0.914. The Morgan fingerprint density at radius 2 is 1.88 bits per heavy atom. The number of fused-ring (bicyclic) bond motifs is 1. The van der Waals surface area contributed by atoms with Crippen molar-refractivity contribution in [1.82, 2.24) is 0 Å². The van der Waals surface area contributed by atoms with Crippen LogP contribution in [-0.4, -0.2) is 27.8 Å². The number of ether oxygens (including phenoxy) is 2. The summed E-state index contributed by atoms with van der Waals surface area (Å²) in [7, 11) is 5.58. The number of hydrogen-bond donors (Lipinski definition) is 1. The fourth-order valence-corrected chi connectivity index (χ4v) is 3.79. The first kappa shape index (κ1) is 18.9. The van der Waals surface area contributed by atoms with Gasteiger partial charge in [-0.25, -0.2) is 0 Å². The van der Waals surface area contributed by atoms with Crippen LogP contribution in [-0.2, 0) is 12.8 Å². The number of methoxy groups -OCH3 is 2. The van der Waals surface area contributed by atoms with Crippen LogP contribution in [0, 0.1) is 0 Å². The molecule has 0 amide bonds. The van der Waals surface area contributed by atoms with E-state index in [9.17, 15) is 0 Å². The Bertz CT molecular complexity index is 706. The average Bonchev–Trinajstić information content (AvgIpc) is 2.57. The zero-order valence-corrected chi connectivity index (χ0v) is 15.7. The molecule has 0 radical (unpaired) electrons. The molecule has 3 rings (SSSR count). The van der Waals surface area contributed by atoms with E-state index < -0.39 is 0 Å². The van der Waals surface area contributed by atoms with E-state index in [1.807, 2.05) is 12.1 Å². The fourth-order valence-electron chi connectivity index (χ4n) is 3.46. The molecule has 2 aromatic rings. The highest BCUT2D eigenvalue weighted by molar-refractivity contribution is 6.31. The van der Waals surface area contributed by atoms with Crippen molar-refractivity contribution in [3.05, 3.63) is 58.1 Å². The number of quaternary nitrogens is 1. The van der Waals surface area contributed by atoms with E-state index in [2.05, 4.69) is 31.3 Å². The molecular formula is C19H23Cl2NO2. The Morgan fingerprint density at radius 3 is 2.58 bits per heavy atom. The lowest BCUT2D eigenvalue weighted by Gasteiger charge is -2.32. The Morgan fingerprint density at radius 1 is 1.12 bits per heavy atom. The van der Waals surface area contributed by atoms with Crippen LogP contribution in [0.3, 0.4) is 0 Å². The maximum Gasteiger partial charge on any atom is 0.160 e. The lowest BCUT2D eigenvalue weighted by atomic mass is 9.89. The van der Waals surface area contributed by atoms with Crippen LogP contribution in [0.2, 0.25) is 5.02 Å². The molecule has 0 fully saturated rings. The quantitative estimate of drug-likeness (QED) is 0.802. The van der Waals surface area contributed by atoms with E-state index in [1.165, 1.54) is 21.6 Å². The zero-order valence-electron chi connectivity index (χ0n) is 14.2. The molecule has 3 nitrogen and oxygen atoms in total. The Labute approximate surface area is 154 Å².